The van der Waals surface area contributed by atoms with Crippen molar-refractivity contribution in [2.24, 2.45) is 0 Å². The van der Waals surface area contributed by atoms with Crippen molar-refractivity contribution < 1.29 is 0 Å². The molecule has 0 radical (unpaired) electrons. The fourth-order valence-corrected chi connectivity index (χ4v) is 1.97. The van der Waals surface area contributed by atoms with Crippen LogP contribution >= 0.6 is 0 Å². The van der Waals surface area contributed by atoms with E-state index in [4.69, 9.17) is 0 Å². The molecule has 0 aliphatic heterocycles. The van der Waals surface area contributed by atoms with Gasteiger partial charge in [-0.15, -0.1) is 0 Å². The van der Waals surface area contributed by atoms with Crippen molar-refractivity contribution in [3.8, 4) is 0 Å². The van der Waals surface area contributed by atoms with Crippen LogP contribution in [0.1, 0.15) is 17.0 Å². The molecule has 2 rings (SSSR count). The topological polar surface area (TPSA) is 41.1 Å². The quantitative estimate of drug-likeness (QED) is 0.915. The number of hydrogen-bond donors (Lipinski definition) is 1. The fraction of sp³-hybridized carbons (Fsp3) is 0.333. The summed E-state index contributed by atoms with van der Waals surface area (Å²) in [6.45, 7) is 6.03. The Kier molecular flexibility index (Phi) is 3.69. The average Bonchev–Trinajstić information content (AvgIpc) is 2.30. The van der Waals surface area contributed by atoms with Gasteiger partial charge in [-0.25, -0.2) is 9.97 Å². The minimum Gasteiger partial charge on any atom is -0.378 e. The van der Waals surface area contributed by atoms with Gasteiger partial charge in [0.25, 0.3) is 0 Å². The molecule has 1 heterocycles. The van der Waals surface area contributed by atoms with Crippen molar-refractivity contribution in [2.75, 3.05) is 24.3 Å². The standard InChI is InChI=1S/C15H20N4/c1-10-8-13(19(4)5)6-7-14(10)18-15-16-11(2)9-12(3)17-15/h6-9H,1-5H3,(H,16,17,18). The highest BCUT2D eigenvalue weighted by atomic mass is 15.1. The first-order valence-electron chi connectivity index (χ1n) is 6.33. The van der Waals surface area contributed by atoms with Crippen molar-refractivity contribution in [3.63, 3.8) is 0 Å². The molecule has 0 atom stereocenters. The lowest BCUT2D eigenvalue weighted by Gasteiger charge is -2.15. The van der Waals surface area contributed by atoms with E-state index >= 15 is 0 Å². The van der Waals surface area contributed by atoms with E-state index in [0.717, 1.165) is 17.1 Å². The zero-order valence-electron chi connectivity index (χ0n) is 12.2. The minimum atomic E-state index is 0.651. The van der Waals surface area contributed by atoms with Crippen molar-refractivity contribution in [3.05, 3.63) is 41.2 Å². The number of nitrogens with one attached hydrogen (secondary N) is 1. The van der Waals surface area contributed by atoms with E-state index in [1.165, 1.54) is 11.3 Å². The first kappa shape index (κ1) is 13.3. The third-order valence-corrected chi connectivity index (χ3v) is 2.96. The number of hydrogen-bond acceptors (Lipinski definition) is 4. The summed E-state index contributed by atoms with van der Waals surface area (Å²) >= 11 is 0. The lowest BCUT2D eigenvalue weighted by Crippen LogP contribution is -2.09. The van der Waals surface area contributed by atoms with Gasteiger partial charge in [-0.05, 0) is 50.6 Å². The predicted molar refractivity (Wildman–Crippen MR) is 80.3 cm³/mol. The first-order valence-corrected chi connectivity index (χ1v) is 6.33. The van der Waals surface area contributed by atoms with Crippen molar-refractivity contribution in [1.29, 1.82) is 0 Å². The Bertz CT molecular complexity index is 570. The summed E-state index contributed by atoms with van der Waals surface area (Å²) in [5, 5.41) is 3.28. The molecule has 1 aromatic carbocycles. The average molecular weight is 256 g/mol. The lowest BCUT2D eigenvalue weighted by atomic mass is 10.1. The van der Waals surface area contributed by atoms with Gasteiger partial charge >= 0.3 is 0 Å². The SMILES string of the molecule is Cc1cc(C)nc(Nc2ccc(N(C)C)cc2C)n1. The lowest BCUT2D eigenvalue weighted by molar-refractivity contribution is 1.06. The van der Waals surface area contributed by atoms with Crippen LogP contribution in [0.15, 0.2) is 24.3 Å². The summed E-state index contributed by atoms with van der Waals surface area (Å²) in [6, 6.07) is 8.25. The molecule has 2 aromatic rings. The molecule has 0 aliphatic carbocycles. The summed E-state index contributed by atoms with van der Waals surface area (Å²) in [5.74, 6) is 0.651. The summed E-state index contributed by atoms with van der Waals surface area (Å²) in [4.78, 5) is 10.9. The first-order chi connectivity index (χ1) is 8.95. The van der Waals surface area contributed by atoms with Crippen molar-refractivity contribution in [2.45, 2.75) is 20.8 Å². The number of rotatable bonds is 3. The van der Waals surface area contributed by atoms with Gasteiger partial charge in [0.2, 0.25) is 5.95 Å². The Labute approximate surface area is 114 Å². The van der Waals surface area contributed by atoms with Gasteiger partial charge in [-0.3, -0.25) is 0 Å². The number of benzene rings is 1. The van der Waals surface area contributed by atoms with E-state index in [-0.39, 0.29) is 0 Å². The van der Waals surface area contributed by atoms with Crippen molar-refractivity contribution in [1.82, 2.24) is 9.97 Å². The number of anilines is 3. The van der Waals surface area contributed by atoms with Gasteiger partial charge in [-0.1, -0.05) is 0 Å². The molecule has 0 saturated heterocycles. The van der Waals surface area contributed by atoms with E-state index < -0.39 is 0 Å². The molecule has 0 aliphatic rings. The van der Waals surface area contributed by atoms with Crippen LogP contribution in [0.4, 0.5) is 17.3 Å². The van der Waals surface area contributed by atoms with Gasteiger partial charge in [0.1, 0.15) is 0 Å². The Morgan fingerprint density at radius 2 is 1.58 bits per heavy atom. The highest BCUT2D eigenvalue weighted by Gasteiger charge is 2.04. The molecule has 0 unspecified atom stereocenters. The van der Waals surface area contributed by atoms with E-state index in [0.29, 0.717) is 5.95 Å². The Hall–Kier alpha value is -2.10. The molecule has 1 aromatic heterocycles. The smallest absolute Gasteiger partial charge is 0.227 e. The molecular formula is C15H20N4. The van der Waals surface area contributed by atoms with Crippen LogP contribution in [-0.2, 0) is 0 Å². The molecule has 0 fully saturated rings. The highest BCUT2D eigenvalue weighted by Crippen LogP contribution is 2.23. The van der Waals surface area contributed by atoms with Crippen LogP contribution < -0.4 is 10.2 Å². The van der Waals surface area contributed by atoms with Gasteiger partial charge in [0.05, 0.1) is 0 Å². The third-order valence-electron chi connectivity index (χ3n) is 2.96. The Morgan fingerprint density at radius 3 is 2.11 bits per heavy atom. The second-order valence-corrected chi connectivity index (χ2v) is 4.99. The number of aryl methyl sites for hydroxylation is 3. The molecule has 19 heavy (non-hydrogen) atoms. The molecule has 4 heteroatoms. The number of nitrogens with zero attached hydrogens (tertiary/aromatic N) is 3. The van der Waals surface area contributed by atoms with Crippen molar-refractivity contribution >= 4 is 17.3 Å². The normalized spacial score (nSPS) is 10.4. The molecule has 0 saturated carbocycles. The Morgan fingerprint density at radius 1 is 0.947 bits per heavy atom. The van der Waals surface area contributed by atoms with E-state index in [1.807, 2.05) is 34.0 Å². The molecule has 0 bridgehead atoms. The van der Waals surface area contributed by atoms with Crippen LogP contribution in [-0.4, -0.2) is 24.1 Å². The largest absolute Gasteiger partial charge is 0.378 e. The summed E-state index contributed by atoms with van der Waals surface area (Å²) in [7, 11) is 4.07. The second kappa shape index (κ2) is 5.26. The molecule has 0 spiro atoms. The molecular weight excluding hydrogens is 236 g/mol. The van der Waals surface area contributed by atoms with Crippen LogP contribution in [0.5, 0.6) is 0 Å². The maximum Gasteiger partial charge on any atom is 0.227 e. The van der Waals surface area contributed by atoms with Gasteiger partial charge in [-0.2, -0.15) is 0 Å². The number of aromatic nitrogens is 2. The zero-order valence-corrected chi connectivity index (χ0v) is 12.2. The predicted octanol–water partition coefficient (Wildman–Crippen LogP) is 3.21. The van der Waals surface area contributed by atoms with Crippen LogP contribution in [0.3, 0.4) is 0 Å². The molecule has 100 valence electrons. The summed E-state index contributed by atoms with van der Waals surface area (Å²) < 4.78 is 0. The highest BCUT2D eigenvalue weighted by molar-refractivity contribution is 5.63. The summed E-state index contributed by atoms with van der Waals surface area (Å²) in [5.41, 5.74) is 5.34. The third kappa shape index (κ3) is 3.22. The molecule has 1 N–H and O–H groups in total. The van der Waals surface area contributed by atoms with E-state index in [9.17, 15) is 0 Å². The van der Waals surface area contributed by atoms with Gasteiger partial charge < -0.3 is 10.2 Å². The van der Waals surface area contributed by atoms with Crippen LogP contribution in [0, 0.1) is 20.8 Å². The summed E-state index contributed by atoms with van der Waals surface area (Å²) in [6.07, 6.45) is 0. The van der Waals surface area contributed by atoms with Crippen LogP contribution in [0.2, 0.25) is 0 Å². The second-order valence-electron chi connectivity index (χ2n) is 4.99. The monoisotopic (exact) mass is 256 g/mol. The molecule has 4 nitrogen and oxygen atoms in total. The zero-order chi connectivity index (χ0) is 14.0. The fourth-order valence-electron chi connectivity index (χ4n) is 1.97. The van der Waals surface area contributed by atoms with Gasteiger partial charge in [0.15, 0.2) is 0 Å². The Balaban J connectivity index is 2.28. The van der Waals surface area contributed by atoms with E-state index in [1.54, 1.807) is 0 Å². The van der Waals surface area contributed by atoms with Crippen LogP contribution in [0.25, 0.3) is 0 Å². The maximum absolute atomic E-state index is 4.40. The molecule has 0 amide bonds. The van der Waals surface area contributed by atoms with E-state index in [2.05, 4.69) is 45.3 Å². The van der Waals surface area contributed by atoms with Gasteiger partial charge in [0, 0.05) is 36.9 Å². The minimum absolute atomic E-state index is 0.651. The maximum atomic E-state index is 4.40.